The molecule has 0 saturated heterocycles. The summed E-state index contributed by atoms with van der Waals surface area (Å²) in [5, 5.41) is 0. The second-order valence-corrected chi connectivity index (χ2v) is 6.42. The van der Waals surface area contributed by atoms with Gasteiger partial charge in [-0.05, 0) is 84.8 Å². The summed E-state index contributed by atoms with van der Waals surface area (Å²) in [4.78, 5) is 16.6. The van der Waals surface area contributed by atoms with Gasteiger partial charge in [-0.2, -0.15) is 0 Å². The van der Waals surface area contributed by atoms with Crippen LogP contribution >= 0.6 is 0 Å². The molecule has 0 aliphatic carbocycles. The summed E-state index contributed by atoms with van der Waals surface area (Å²) >= 11 is 0. The molecule has 0 radical (unpaired) electrons. The van der Waals surface area contributed by atoms with Crippen molar-refractivity contribution in [3.8, 4) is 11.5 Å². The maximum absolute atomic E-state index is 12.9. The third-order valence-corrected chi connectivity index (χ3v) is 4.14. The molecule has 0 amide bonds. The number of halogens is 1. The van der Waals surface area contributed by atoms with Crippen molar-refractivity contribution in [3.05, 3.63) is 89.7 Å². The monoisotopic (exact) mass is 391 g/mol. The van der Waals surface area contributed by atoms with E-state index in [1.165, 1.54) is 12.1 Å². The van der Waals surface area contributed by atoms with Crippen molar-refractivity contribution in [1.82, 2.24) is 0 Å². The Balaban J connectivity index is 1.56. The van der Waals surface area contributed by atoms with E-state index in [2.05, 4.69) is 11.9 Å². The lowest BCUT2D eigenvalue weighted by molar-refractivity contribution is 0.0734. The summed E-state index contributed by atoms with van der Waals surface area (Å²) in [6.45, 7) is 2.77. The highest BCUT2D eigenvalue weighted by molar-refractivity contribution is 5.91. The molecule has 148 valence electrons. The van der Waals surface area contributed by atoms with E-state index >= 15 is 0 Å². The molecular weight excluding hydrogens is 369 g/mol. The van der Waals surface area contributed by atoms with Crippen molar-refractivity contribution >= 4 is 17.9 Å². The first-order valence-electron chi connectivity index (χ1n) is 9.49. The summed E-state index contributed by atoms with van der Waals surface area (Å²) in [6, 6.07) is 19.8. The molecule has 0 aliphatic heterocycles. The molecular formula is C24H22FNO3. The van der Waals surface area contributed by atoms with Gasteiger partial charge < -0.3 is 9.47 Å². The van der Waals surface area contributed by atoms with Crippen LogP contribution in [0.5, 0.6) is 11.5 Å². The first kappa shape index (κ1) is 20.3. The number of aliphatic imine (C=N–C) groups is 1. The number of nitrogens with zero attached hydrogens (tertiary/aromatic N) is 1. The van der Waals surface area contributed by atoms with Crippen LogP contribution in [0.2, 0.25) is 0 Å². The molecule has 0 bridgehead atoms. The zero-order valence-corrected chi connectivity index (χ0v) is 16.2. The Bertz CT molecular complexity index is 949. The van der Waals surface area contributed by atoms with Crippen LogP contribution in [0.25, 0.3) is 0 Å². The zero-order valence-electron chi connectivity index (χ0n) is 16.2. The molecule has 0 heterocycles. The maximum Gasteiger partial charge on any atom is 0.343 e. The van der Waals surface area contributed by atoms with Gasteiger partial charge >= 0.3 is 5.97 Å². The lowest BCUT2D eigenvalue weighted by atomic mass is 10.2. The average Bonchev–Trinajstić information content (AvgIpc) is 2.75. The topological polar surface area (TPSA) is 47.9 Å². The fraction of sp³-hybridized carbons (Fsp3) is 0.167. The minimum atomic E-state index is -0.433. The fourth-order valence-corrected chi connectivity index (χ4v) is 2.49. The van der Waals surface area contributed by atoms with Gasteiger partial charge in [-0.25, -0.2) is 9.18 Å². The minimum absolute atomic E-state index is 0.297. The molecule has 29 heavy (non-hydrogen) atoms. The van der Waals surface area contributed by atoms with Crippen molar-refractivity contribution in [1.29, 1.82) is 0 Å². The number of carbonyl (C=O) groups is 1. The molecule has 3 rings (SSSR count). The molecule has 0 fully saturated rings. The smallest absolute Gasteiger partial charge is 0.343 e. The molecule has 0 aromatic heterocycles. The van der Waals surface area contributed by atoms with Crippen LogP contribution in [0.1, 0.15) is 35.7 Å². The largest absolute Gasteiger partial charge is 0.494 e. The van der Waals surface area contributed by atoms with Crippen LogP contribution in [0, 0.1) is 5.82 Å². The normalized spacial score (nSPS) is 10.8. The van der Waals surface area contributed by atoms with E-state index in [1.54, 1.807) is 66.9 Å². The van der Waals surface area contributed by atoms with Gasteiger partial charge in [-0.1, -0.05) is 13.3 Å². The Hall–Kier alpha value is -3.47. The van der Waals surface area contributed by atoms with Gasteiger partial charge in [0, 0.05) is 6.21 Å². The van der Waals surface area contributed by atoms with Crippen molar-refractivity contribution in [3.63, 3.8) is 0 Å². The van der Waals surface area contributed by atoms with Gasteiger partial charge in [0.05, 0.1) is 17.9 Å². The highest BCUT2D eigenvalue weighted by atomic mass is 19.1. The Morgan fingerprint density at radius 3 is 2.24 bits per heavy atom. The number of hydrogen-bond acceptors (Lipinski definition) is 4. The highest BCUT2D eigenvalue weighted by Crippen LogP contribution is 2.17. The van der Waals surface area contributed by atoms with E-state index in [1.807, 2.05) is 0 Å². The molecule has 0 atom stereocenters. The van der Waals surface area contributed by atoms with Crippen LogP contribution in [-0.4, -0.2) is 18.8 Å². The number of carbonyl (C=O) groups excluding carboxylic acids is 1. The lowest BCUT2D eigenvalue weighted by Crippen LogP contribution is -2.08. The van der Waals surface area contributed by atoms with E-state index < -0.39 is 5.97 Å². The first-order chi connectivity index (χ1) is 14.1. The van der Waals surface area contributed by atoms with Crippen molar-refractivity contribution in [2.45, 2.75) is 19.8 Å². The van der Waals surface area contributed by atoms with E-state index in [0.717, 1.165) is 24.2 Å². The number of ether oxygens (including phenoxy) is 2. The predicted octanol–water partition coefficient (Wildman–Crippen LogP) is 5.97. The maximum atomic E-state index is 12.9. The Morgan fingerprint density at radius 1 is 0.931 bits per heavy atom. The zero-order chi connectivity index (χ0) is 20.5. The minimum Gasteiger partial charge on any atom is -0.494 e. The van der Waals surface area contributed by atoms with Gasteiger partial charge in [-0.15, -0.1) is 0 Å². The van der Waals surface area contributed by atoms with Crippen molar-refractivity contribution in [2.75, 3.05) is 6.61 Å². The van der Waals surface area contributed by atoms with Crippen LogP contribution in [0.15, 0.2) is 77.8 Å². The quantitative estimate of drug-likeness (QED) is 0.206. The number of unbranched alkanes of at least 4 members (excludes halogenated alkanes) is 1. The first-order valence-corrected chi connectivity index (χ1v) is 9.49. The summed E-state index contributed by atoms with van der Waals surface area (Å²) in [5.74, 6) is 0.448. The summed E-state index contributed by atoms with van der Waals surface area (Å²) in [5.41, 5.74) is 1.95. The standard InChI is InChI=1S/C24H22FNO3/c1-2-3-16-28-22-14-6-19(7-15-22)24(27)29-23-12-4-18(5-13-23)17-26-21-10-8-20(25)9-11-21/h4-15,17H,2-3,16H2,1H3. The predicted molar refractivity (Wildman–Crippen MR) is 112 cm³/mol. The Kier molecular flexibility index (Phi) is 7.11. The second-order valence-electron chi connectivity index (χ2n) is 6.42. The van der Waals surface area contributed by atoms with E-state index in [0.29, 0.717) is 23.6 Å². The molecule has 0 aliphatic rings. The van der Waals surface area contributed by atoms with Crippen molar-refractivity contribution < 1.29 is 18.7 Å². The average molecular weight is 391 g/mol. The molecule has 0 spiro atoms. The summed E-state index contributed by atoms with van der Waals surface area (Å²) in [6.07, 6.45) is 3.73. The van der Waals surface area contributed by atoms with E-state index in [4.69, 9.17) is 9.47 Å². The highest BCUT2D eigenvalue weighted by Gasteiger charge is 2.08. The molecule has 0 unspecified atom stereocenters. The third kappa shape index (κ3) is 6.28. The van der Waals surface area contributed by atoms with Crippen LogP contribution < -0.4 is 9.47 Å². The van der Waals surface area contributed by atoms with Crippen LogP contribution in [0.3, 0.4) is 0 Å². The van der Waals surface area contributed by atoms with Gasteiger partial charge in [0.15, 0.2) is 0 Å². The molecule has 3 aromatic rings. The molecule has 5 heteroatoms. The van der Waals surface area contributed by atoms with Gasteiger partial charge in [0.1, 0.15) is 17.3 Å². The fourth-order valence-electron chi connectivity index (χ4n) is 2.49. The summed E-state index contributed by atoms with van der Waals surface area (Å²) < 4.78 is 23.9. The van der Waals surface area contributed by atoms with Gasteiger partial charge in [0.2, 0.25) is 0 Å². The van der Waals surface area contributed by atoms with Gasteiger partial charge in [0.25, 0.3) is 0 Å². The van der Waals surface area contributed by atoms with Crippen LogP contribution in [-0.2, 0) is 0 Å². The number of benzene rings is 3. The van der Waals surface area contributed by atoms with E-state index in [9.17, 15) is 9.18 Å². The Morgan fingerprint density at radius 2 is 1.59 bits per heavy atom. The molecule has 3 aromatic carbocycles. The van der Waals surface area contributed by atoms with Crippen molar-refractivity contribution in [2.24, 2.45) is 4.99 Å². The number of rotatable bonds is 8. The number of esters is 1. The molecule has 4 nitrogen and oxygen atoms in total. The lowest BCUT2D eigenvalue weighted by Gasteiger charge is -2.07. The Labute approximate surface area is 169 Å². The molecule has 0 N–H and O–H groups in total. The third-order valence-electron chi connectivity index (χ3n) is 4.14. The van der Waals surface area contributed by atoms with E-state index in [-0.39, 0.29) is 5.82 Å². The van der Waals surface area contributed by atoms with Gasteiger partial charge in [-0.3, -0.25) is 4.99 Å². The number of hydrogen-bond donors (Lipinski definition) is 0. The molecule has 0 saturated carbocycles. The van der Waals surface area contributed by atoms with Crippen LogP contribution in [0.4, 0.5) is 10.1 Å². The summed E-state index contributed by atoms with van der Waals surface area (Å²) in [7, 11) is 0. The SMILES string of the molecule is CCCCOc1ccc(C(=O)Oc2ccc(C=Nc3ccc(F)cc3)cc2)cc1. The second kappa shape index (κ2) is 10.2.